The van der Waals surface area contributed by atoms with E-state index in [2.05, 4.69) is 4.74 Å². The van der Waals surface area contributed by atoms with E-state index in [9.17, 15) is 9.90 Å². The molecule has 0 spiro atoms. The maximum Gasteiger partial charge on any atom is 0.308 e. The predicted octanol–water partition coefficient (Wildman–Crippen LogP) is 2.17. The first kappa shape index (κ1) is 12.8. The van der Waals surface area contributed by atoms with Crippen molar-refractivity contribution in [2.24, 2.45) is 0 Å². The second-order valence-corrected chi connectivity index (χ2v) is 4.75. The molecule has 0 aliphatic heterocycles. The Morgan fingerprint density at radius 1 is 1.50 bits per heavy atom. The third-order valence-electron chi connectivity index (χ3n) is 2.28. The molecule has 0 saturated heterocycles. The third kappa shape index (κ3) is 3.10. The van der Waals surface area contributed by atoms with Crippen molar-refractivity contribution in [1.29, 1.82) is 0 Å². The standard InChI is InChI=1S/C12H18O4/c1-12(2,3)10-6-5-9(16-10)8(13)7-11(14)15-4/h5-6,8,13H,7H2,1-4H3/t8-/m0/s1. The molecule has 0 aliphatic carbocycles. The van der Waals surface area contributed by atoms with Gasteiger partial charge in [-0.05, 0) is 12.1 Å². The zero-order valence-corrected chi connectivity index (χ0v) is 10.1. The van der Waals surface area contributed by atoms with Gasteiger partial charge in [-0.25, -0.2) is 0 Å². The Labute approximate surface area is 95.2 Å². The summed E-state index contributed by atoms with van der Waals surface area (Å²) in [6.45, 7) is 6.05. The molecule has 0 amide bonds. The number of aliphatic hydroxyl groups is 1. The molecule has 0 radical (unpaired) electrons. The largest absolute Gasteiger partial charge is 0.469 e. The van der Waals surface area contributed by atoms with E-state index in [4.69, 9.17) is 4.42 Å². The van der Waals surface area contributed by atoms with Crippen LogP contribution in [-0.4, -0.2) is 18.2 Å². The van der Waals surface area contributed by atoms with E-state index in [1.807, 2.05) is 26.8 Å². The molecule has 1 atom stereocenters. The topological polar surface area (TPSA) is 59.7 Å². The molecule has 0 unspecified atom stereocenters. The van der Waals surface area contributed by atoms with Crippen LogP contribution in [0.1, 0.15) is 44.8 Å². The average molecular weight is 226 g/mol. The number of methoxy groups -OCH3 is 1. The monoisotopic (exact) mass is 226 g/mol. The molecule has 1 aromatic heterocycles. The predicted molar refractivity (Wildman–Crippen MR) is 59.0 cm³/mol. The van der Waals surface area contributed by atoms with Crippen LogP contribution in [0.2, 0.25) is 0 Å². The van der Waals surface area contributed by atoms with E-state index in [0.717, 1.165) is 5.76 Å². The molecule has 90 valence electrons. The van der Waals surface area contributed by atoms with Crippen molar-refractivity contribution in [3.63, 3.8) is 0 Å². The lowest BCUT2D eigenvalue weighted by atomic mass is 9.94. The molecule has 1 rings (SSSR count). The smallest absolute Gasteiger partial charge is 0.308 e. The van der Waals surface area contributed by atoms with Gasteiger partial charge in [0.2, 0.25) is 0 Å². The Kier molecular flexibility index (Phi) is 3.75. The van der Waals surface area contributed by atoms with E-state index in [-0.39, 0.29) is 11.8 Å². The van der Waals surface area contributed by atoms with Crippen LogP contribution in [0.15, 0.2) is 16.5 Å². The molecule has 1 aromatic rings. The first-order valence-corrected chi connectivity index (χ1v) is 5.19. The maximum absolute atomic E-state index is 11.0. The Hall–Kier alpha value is -1.29. The quantitative estimate of drug-likeness (QED) is 0.802. The lowest BCUT2D eigenvalue weighted by Gasteiger charge is -2.14. The Morgan fingerprint density at radius 2 is 2.12 bits per heavy atom. The lowest BCUT2D eigenvalue weighted by molar-refractivity contribution is -0.143. The fourth-order valence-corrected chi connectivity index (χ4v) is 1.28. The average Bonchev–Trinajstić information content (AvgIpc) is 2.65. The summed E-state index contributed by atoms with van der Waals surface area (Å²) >= 11 is 0. The number of hydrogen-bond donors (Lipinski definition) is 1. The van der Waals surface area contributed by atoms with Gasteiger partial charge >= 0.3 is 5.97 Å². The van der Waals surface area contributed by atoms with Crippen molar-refractivity contribution in [2.75, 3.05) is 7.11 Å². The van der Waals surface area contributed by atoms with Gasteiger partial charge in [-0.1, -0.05) is 20.8 Å². The van der Waals surface area contributed by atoms with E-state index in [1.165, 1.54) is 7.11 Å². The summed E-state index contributed by atoms with van der Waals surface area (Å²) in [6.07, 6.45) is -1.03. The molecular formula is C12H18O4. The van der Waals surface area contributed by atoms with Crippen LogP contribution < -0.4 is 0 Å². The molecular weight excluding hydrogens is 208 g/mol. The molecule has 4 heteroatoms. The van der Waals surface area contributed by atoms with Crippen LogP contribution in [-0.2, 0) is 14.9 Å². The molecule has 0 aliphatic rings. The summed E-state index contributed by atoms with van der Waals surface area (Å²) in [5, 5.41) is 9.71. The van der Waals surface area contributed by atoms with Crippen molar-refractivity contribution in [1.82, 2.24) is 0 Å². The Bertz CT molecular complexity index is 359. The first-order chi connectivity index (χ1) is 7.34. The van der Waals surface area contributed by atoms with Crippen molar-refractivity contribution >= 4 is 5.97 Å². The van der Waals surface area contributed by atoms with Crippen LogP contribution in [0.3, 0.4) is 0 Å². The van der Waals surface area contributed by atoms with Gasteiger partial charge in [-0.3, -0.25) is 4.79 Å². The van der Waals surface area contributed by atoms with Gasteiger partial charge in [-0.2, -0.15) is 0 Å². The second kappa shape index (κ2) is 4.70. The van der Waals surface area contributed by atoms with Crippen LogP contribution in [0.4, 0.5) is 0 Å². The molecule has 0 aromatic carbocycles. The maximum atomic E-state index is 11.0. The number of hydrogen-bond acceptors (Lipinski definition) is 4. The van der Waals surface area contributed by atoms with Gasteiger partial charge in [0.25, 0.3) is 0 Å². The van der Waals surface area contributed by atoms with Crippen LogP contribution in [0.5, 0.6) is 0 Å². The highest BCUT2D eigenvalue weighted by atomic mass is 16.5. The molecule has 0 saturated carbocycles. The summed E-state index contributed by atoms with van der Waals surface area (Å²) in [5.74, 6) is 0.725. The highest BCUT2D eigenvalue weighted by Crippen LogP contribution is 2.27. The number of ether oxygens (including phenoxy) is 1. The number of furan rings is 1. The molecule has 1 N–H and O–H groups in total. The summed E-state index contributed by atoms with van der Waals surface area (Å²) in [5.41, 5.74) is -0.108. The number of carbonyl (C=O) groups excluding carboxylic acids is 1. The van der Waals surface area contributed by atoms with Crippen LogP contribution in [0.25, 0.3) is 0 Å². The summed E-state index contributed by atoms with van der Waals surface area (Å²) in [7, 11) is 1.29. The van der Waals surface area contributed by atoms with Gasteiger partial charge < -0.3 is 14.3 Å². The minimum atomic E-state index is -0.941. The van der Waals surface area contributed by atoms with Crippen molar-refractivity contribution < 1.29 is 19.1 Å². The summed E-state index contributed by atoms with van der Waals surface area (Å²) in [4.78, 5) is 11.0. The SMILES string of the molecule is COC(=O)C[C@H](O)c1ccc(C(C)(C)C)o1. The highest BCUT2D eigenvalue weighted by molar-refractivity contribution is 5.69. The van der Waals surface area contributed by atoms with Gasteiger partial charge in [-0.15, -0.1) is 0 Å². The minimum Gasteiger partial charge on any atom is -0.469 e. The Balaban J connectivity index is 2.74. The molecule has 1 heterocycles. The van der Waals surface area contributed by atoms with E-state index in [0.29, 0.717) is 5.76 Å². The zero-order valence-electron chi connectivity index (χ0n) is 10.1. The van der Waals surface area contributed by atoms with Crippen LogP contribution >= 0.6 is 0 Å². The van der Waals surface area contributed by atoms with Gasteiger partial charge in [0, 0.05) is 5.41 Å². The highest BCUT2D eigenvalue weighted by Gasteiger charge is 2.22. The van der Waals surface area contributed by atoms with E-state index in [1.54, 1.807) is 6.07 Å². The Morgan fingerprint density at radius 3 is 2.56 bits per heavy atom. The first-order valence-electron chi connectivity index (χ1n) is 5.19. The molecule has 4 nitrogen and oxygen atoms in total. The third-order valence-corrected chi connectivity index (χ3v) is 2.28. The molecule has 16 heavy (non-hydrogen) atoms. The van der Waals surface area contributed by atoms with Crippen molar-refractivity contribution in [2.45, 2.75) is 38.7 Å². The lowest BCUT2D eigenvalue weighted by Crippen LogP contribution is -2.10. The number of esters is 1. The van der Waals surface area contributed by atoms with Crippen molar-refractivity contribution in [3.8, 4) is 0 Å². The minimum absolute atomic E-state index is 0.0897. The van der Waals surface area contributed by atoms with Crippen molar-refractivity contribution in [3.05, 3.63) is 23.7 Å². The molecule has 0 fully saturated rings. The normalized spacial score (nSPS) is 13.6. The molecule has 0 bridgehead atoms. The van der Waals surface area contributed by atoms with Gasteiger partial charge in [0.1, 0.15) is 17.6 Å². The number of rotatable bonds is 3. The van der Waals surface area contributed by atoms with Gasteiger partial charge in [0.15, 0.2) is 0 Å². The summed E-state index contributed by atoms with van der Waals surface area (Å²) in [6, 6.07) is 3.50. The fraction of sp³-hybridized carbons (Fsp3) is 0.583. The van der Waals surface area contributed by atoms with E-state index < -0.39 is 12.1 Å². The number of aliphatic hydroxyl groups excluding tert-OH is 1. The van der Waals surface area contributed by atoms with Crippen LogP contribution in [0, 0.1) is 0 Å². The fourth-order valence-electron chi connectivity index (χ4n) is 1.28. The zero-order chi connectivity index (χ0) is 12.3. The second-order valence-electron chi connectivity index (χ2n) is 4.75. The number of carbonyl (C=O) groups is 1. The van der Waals surface area contributed by atoms with E-state index >= 15 is 0 Å². The van der Waals surface area contributed by atoms with Gasteiger partial charge in [0.05, 0.1) is 13.5 Å². The summed E-state index contributed by atoms with van der Waals surface area (Å²) < 4.78 is 9.97.